The third kappa shape index (κ3) is 4.97. The summed E-state index contributed by atoms with van der Waals surface area (Å²) in [6, 6.07) is 8.24. The van der Waals surface area contributed by atoms with Crippen molar-refractivity contribution in [3.8, 4) is 0 Å². The number of aromatic nitrogens is 1. The number of pyridine rings is 1. The fourth-order valence-corrected chi connectivity index (χ4v) is 2.64. The predicted octanol–water partition coefficient (Wildman–Crippen LogP) is 5.11. The van der Waals surface area contributed by atoms with Gasteiger partial charge in [-0.2, -0.15) is 13.2 Å². The summed E-state index contributed by atoms with van der Waals surface area (Å²) < 4.78 is 39.4. The van der Waals surface area contributed by atoms with Gasteiger partial charge < -0.3 is 10.2 Å². The molecule has 1 N–H and O–H groups in total. The van der Waals surface area contributed by atoms with Crippen LogP contribution in [0.25, 0.3) is 0 Å². The molecule has 0 aliphatic heterocycles. The molecule has 0 spiro atoms. The quantitative estimate of drug-likeness (QED) is 0.742. The number of halogens is 3. The average molecular weight is 365 g/mol. The molecule has 4 nitrogen and oxygen atoms in total. The molecule has 1 aromatic carbocycles. The summed E-state index contributed by atoms with van der Waals surface area (Å²) in [4.78, 5) is 18.4. The number of nitrogens with zero attached hydrogens (tertiary/aromatic N) is 2. The summed E-state index contributed by atoms with van der Waals surface area (Å²) in [5.74, 6) is -0.221. The summed E-state index contributed by atoms with van der Waals surface area (Å²) in [7, 11) is 0. The van der Waals surface area contributed by atoms with Gasteiger partial charge in [-0.05, 0) is 37.1 Å². The van der Waals surface area contributed by atoms with Gasteiger partial charge in [0.25, 0.3) is 5.91 Å². The lowest BCUT2D eigenvalue weighted by atomic mass is 10.1. The SMILES string of the molecule is CCCN(CCC)C(=O)c1cc(Nc2ccccc2C(F)(F)F)ccn1. The molecular formula is C19H22F3N3O. The van der Waals surface area contributed by atoms with E-state index >= 15 is 0 Å². The lowest BCUT2D eigenvalue weighted by Crippen LogP contribution is -2.33. The minimum Gasteiger partial charge on any atom is -0.355 e. The van der Waals surface area contributed by atoms with E-state index in [1.54, 1.807) is 4.90 Å². The van der Waals surface area contributed by atoms with E-state index in [0.29, 0.717) is 18.8 Å². The Labute approximate surface area is 151 Å². The number of nitrogens with one attached hydrogen (secondary N) is 1. The van der Waals surface area contributed by atoms with Crippen molar-refractivity contribution in [2.75, 3.05) is 18.4 Å². The van der Waals surface area contributed by atoms with Crippen molar-refractivity contribution in [2.45, 2.75) is 32.9 Å². The molecule has 1 heterocycles. The first-order valence-electron chi connectivity index (χ1n) is 8.55. The van der Waals surface area contributed by atoms with Crippen LogP contribution in [0.4, 0.5) is 24.5 Å². The Morgan fingerprint density at radius 2 is 1.77 bits per heavy atom. The van der Waals surface area contributed by atoms with Crippen molar-refractivity contribution in [3.05, 3.63) is 53.9 Å². The first kappa shape index (κ1) is 19.8. The van der Waals surface area contributed by atoms with Crippen molar-refractivity contribution in [1.82, 2.24) is 9.88 Å². The zero-order valence-corrected chi connectivity index (χ0v) is 14.8. The van der Waals surface area contributed by atoms with Gasteiger partial charge in [-0.1, -0.05) is 26.0 Å². The number of amides is 1. The Kier molecular flexibility index (Phi) is 6.60. The van der Waals surface area contributed by atoms with Crippen molar-refractivity contribution >= 4 is 17.3 Å². The first-order valence-corrected chi connectivity index (χ1v) is 8.55. The van der Waals surface area contributed by atoms with Crippen LogP contribution in [0.1, 0.15) is 42.7 Å². The highest BCUT2D eigenvalue weighted by atomic mass is 19.4. The van der Waals surface area contributed by atoms with Crippen molar-refractivity contribution in [2.24, 2.45) is 0 Å². The molecular weight excluding hydrogens is 343 g/mol. The zero-order valence-electron chi connectivity index (χ0n) is 14.8. The molecule has 0 aliphatic carbocycles. The minimum absolute atomic E-state index is 0.0661. The molecule has 2 aromatic rings. The molecule has 26 heavy (non-hydrogen) atoms. The first-order chi connectivity index (χ1) is 12.4. The predicted molar refractivity (Wildman–Crippen MR) is 95.4 cm³/mol. The number of anilines is 2. The van der Waals surface area contributed by atoms with Crippen LogP contribution in [-0.4, -0.2) is 28.9 Å². The topological polar surface area (TPSA) is 45.2 Å². The summed E-state index contributed by atoms with van der Waals surface area (Å²) in [6.45, 7) is 5.19. The Morgan fingerprint density at radius 1 is 1.12 bits per heavy atom. The number of carbonyl (C=O) groups is 1. The molecule has 0 saturated carbocycles. The van der Waals surface area contributed by atoms with E-state index in [-0.39, 0.29) is 17.3 Å². The van der Waals surface area contributed by atoms with Crippen molar-refractivity contribution in [3.63, 3.8) is 0 Å². The van der Waals surface area contributed by atoms with Crippen LogP contribution < -0.4 is 5.32 Å². The maximum Gasteiger partial charge on any atom is 0.418 e. The van der Waals surface area contributed by atoms with Crippen LogP contribution >= 0.6 is 0 Å². The van der Waals surface area contributed by atoms with Gasteiger partial charge in [0, 0.05) is 25.0 Å². The maximum absolute atomic E-state index is 13.1. The normalized spacial score (nSPS) is 11.3. The maximum atomic E-state index is 13.1. The van der Waals surface area contributed by atoms with Gasteiger partial charge in [0.2, 0.25) is 0 Å². The third-order valence-electron chi connectivity index (χ3n) is 3.76. The second kappa shape index (κ2) is 8.69. The number of alkyl halides is 3. The lowest BCUT2D eigenvalue weighted by molar-refractivity contribution is -0.136. The van der Waals surface area contributed by atoms with Gasteiger partial charge >= 0.3 is 6.18 Å². The van der Waals surface area contributed by atoms with E-state index in [9.17, 15) is 18.0 Å². The summed E-state index contributed by atoms with van der Waals surface area (Å²) in [5.41, 5.74) is -0.235. The smallest absolute Gasteiger partial charge is 0.355 e. The Balaban J connectivity index is 2.26. The highest BCUT2D eigenvalue weighted by molar-refractivity contribution is 5.93. The summed E-state index contributed by atoms with van der Waals surface area (Å²) in [6.07, 6.45) is -1.40. The van der Waals surface area contributed by atoms with E-state index in [1.165, 1.54) is 36.5 Å². The molecule has 0 bridgehead atoms. The van der Waals surface area contributed by atoms with Gasteiger partial charge in [0.05, 0.1) is 11.3 Å². The van der Waals surface area contributed by atoms with Crippen LogP contribution in [0, 0.1) is 0 Å². The largest absolute Gasteiger partial charge is 0.418 e. The van der Waals surface area contributed by atoms with Crippen LogP contribution in [0.2, 0.25) is 0 Å². The molecule has 1 amide bonds. The fraction of sp³-hybridized carbons (Fsp3) is 0.368. The summed E-state index contributed by atoms with van der Waals surface area (Å²) >= 11 is 0. The highest BCUT2D eigenvalue weighted by Crippen LogP contribution is 2.35. The number of para-hydroxylation sites is 1. The number of carbonyl (C=O) groups excluding carboxylic acids is 1. The molecule has 0 aliphatic rings. The van der Waals surface area contributed by atoms with E-state index in [2.05, 4.69) is 10.3 Å². The number of hydrogen-bond acceptors (Lipinski definition) is 3. The number of rotatable bonds is 7. The standard InChI is InChI=1S/C19H22F3N3O/c1-3-11-25(12-4-2)18(26)17-13-14(9-10-23-17)24-16-8-6-5-7-15(16)19(20,21)22/h5-10,13H,3-4,11-12H2,1-2H3,(H,23,24). The fourth-order valence-electron chi connectivity index (χ4n) is 2.64. The molecule has 0 saturated heterocycles. The molecule has 140 valence electrons. The number of benzene rings is 1. The van der Waals surface area contributed by atoms with Crippen molar-refractivity contribution in [1.29, 1.82) is 0 Å². The molecule has 0 radical (unpaired) electrons. The Hall–Kier alpha value is -2.57. The molecule has 2 rings (SSSR count). The van der Waals surface area contributed by atoms with E-state index in [0.717, 1.165) is 18.9 Å². The van der Waals surface area contributed by atoms with Crippen LogP contribution in [-0.2, 0) is 6.18 Å². The van der Waals surface area contributed by atoms with Gasteiger partial charge in [-0.15, -0.1) is 0 Å². The van der Waals surface area contributed by atoms with E-state index < -0.39 is 11.7 Å². The zero-order chi connectivity index (χ0) is 19.2. The van der Waals surface area contributed by atoms with Gasteiger partial charge in [0.15, 0.2) is 0 Å². The van der Waals surface area contributed by atoms with Crippen LogP contribution in [0.15, 0.2) is 42.6 Å². The van der Waals surface area contributed by atoms with Crippen LogP contribution in [0.3, 0.4) is 0 Å². The van der Waals surface area contributed by atoms with Crippen molar-refractivity contribution < 1.29 is 18.0 Å². The van der Waals surface area contributed by atoms with Gasteiger partial charge in [-0.25, -0.2) is 0 Å². The second-order valence-electron chi connectivity index (χ2n) is 5.89. The molecule has 0 unspecified atom stereocenters. The molecule has 0 fully saturated rings. The Morgan fingerprint density at radius 3 is 2.38 bits per heavy atom. The van der Waals surface area contributed by atoms with Gasteiger partial charge in [0.1, 0.15) is 5.69 Å². The average Bonchev–Trinajstić information content (AvgIpc) is 2.61. The summed E-state index contributed by atoms with van der Waals surface area (Å²) in [5, 5.41) is 2.75. The van der Waals surface area contributed by atoms with E-state index in [1.807, 2.05) is 13.8 Å². The highest BCUT2D eigenvalue weighted by Gasteiger charge is 2.33. The lowest BCUT2D eigenvalue weighted by Gasteiger charge is -2.21. The molecule has 7 heteroatoms. The monoisotopic (exact) mass is 365 g/mol. The van der Waals surface area contributed by atoms with E-state index in [4.69, 9.17) is 0 Å². The minimum atomic E-state index is -4.46. The molecule has 0 atom stereocenters. The van der Waals surface area contributed by atoms with Crippen LogP contribution in [0.5, 0.6) is 0 Å². The Bertz CT molecular complexity index is 741. The third-order valence-corrected chi connectivity index (χ3v) is 3.76. The second-order valence-corrected chi connectivity index (χ2v) is 5.89. The molecule has 1 aromatic heterocycles. The van der Waals surface area contributed by atoms with Gasteiger partial charge in [-0.3, -0.25) is 9.78 Å². The number of hydrogen-bond donors (Lipinski definition) is 1.